The standard InChI is InChI=1S/C19H22FN5O/c20-14-6-4-13(5-7-14)16-11-17(16)24-19(26)23-15-3-1-10-25(12-15)18-21-8-2-9-22-18/h2,4-9,15-17H,1,3,10-12H2,(H2,23,24,26). The smallest absolute Gasteiger partial charge is 0.315 e. The Balaban J connectivity index is 1.27. The summed E-state index contributed by atoms with van der Waals surface area (Å²) in [5.41, 5.74) is 1.07. The van der Waals surface area contributed by atoms with Crippen molar-refractivity contribution in [2.45, 2.75) is 37.3 Å². The van der Waals surface area contributed by atoms with Crippen LogP contribution in [0.25, 0.3) is 0 Å². The molecule has 6 nitrogen and oxygen atoms in total. The van der Waals surface area contributed by atoms with Gasteiger partial charge in [0, 0.05) is 43.5 Å². The zero-order valence-electron chi connectivity index (χ0n) is 14.4. The summed E-state index contributed by atoms with van der Waals surface area (Å²) in [5.74, 6) is 0.751. The zero-order chi connectivity index (χ0) is 17.9. The number of amides is 2. The molecule has 26 heavy (non-hydrogen) atoms. The lowest BCUT2D eigenvalue weighted by Crippen LogP contribution is -2.51. The van der Waals surface area contributed by atoms with Gasteiger partial charge in [0.15, 0.2) is 0 Å². The fourth-order valence-corrected chi connectivity index (χ4v) is 3.56. The number of hydrogen-bond donors (Lipinski definition) is 2. The van der Waals surface area contributed by atoms with Crippen LogP contribution >= 0.6 is 0 Å². The van der Waals surface area contributed by atoms with Crippen LogP contribution in [-0.2, 0) is 0 Å². The third kappa shape index (κ3) is 3.92. The molecule has 1 aromatic carbocycles. The van der Waals surface area contributed by atoms with Crippen LogP contribution in [0, 0.1) is 5.82 Å². The van der Waals surface area contributed by atoms with E-state index in [0.29, 0.717) is 12.5 Å². The first-order valence-electron chi connectivity index (χ1n) is 9.03. The van der Waals surface area contributed by atoms with Crippen molar-refractivity contribution in [3.63, 3.8) is 0 Å². The predicted octanol–water partition coefficient (Wildman–Crippen LogP) is 2.44. The number of nitrogens with one attached hydrogen (secondary N) is 2. The maximum Gasteiger partial charge on any atom is 0.315 e. The molecule has 2 N–H and O–H groups in total. The summed E-state index contributed by atoms with van der Waals surface area (Å²) in [5, 5.41) is 6.09. The molecule has 4 rings (SSSR count). The maximum absolute atomic E-state index is 13.0. The predicted molar refractivity (Wildman–Crippen MR) is 96.5 cm³/mol. The van der Waals surface area contributed by atoms with Crippen molar-refractivity contribution in [1.82, 2.24) is 20.6 Å². The van der Waals surface area contributed by atoms with E-state index < -0.39 is 0 Å². The number of hydrogen-bond acceptors (Lipinski definition) is 4. The molecule has 0 spiro atoms. The third-order valence-corrected chi connectivity index (χ3v) is 5.00. The Morgan fingerprint density at radius 2 is 1.92 bits per heavy atom. The summed E-state index contributed by atoms with van der Waals surface area (Å²) in [6.45, 7) is 1.61. The van der Waals surface area contributed by atoms with Gasteiger partial charge in [-0.05, 0) is 43.0 Å². The normalized spacial score (nSPS) is 24.8. The van der Waals surface area contributed by atoms with Gasteiger partial charge in [0.25, 0.3) is 0 Å². The van der Waals surface area contributed by atoms with E-state index in [9.17, 15) is 9.18 Å². The molecule has 3 unspecified atom stereocenters. The van der Waals surface area contributed by atoms with Crippen molar-refractivity contribution in [1.29, 1.82) is 0 Å². The van der Waals surface area contributed by atoms with E-state index in [1.807, 2.05) is 0 Å². The van der Waals surface area contributed by atoms with Gasteiger partial charge in [-0.25, -0.2) is 19.2 Å². The molecule has 1 aliphatic heterocycles. The zero-order valence-corrected chi connectivity index (χ0v) is 14.4. The van der Waals surface area contributed by atoms with Crippen molar-refractivity contribution < 1.29 is 9.18 Å². The van der Waals surface area contributed by atoms with Crippen LogP contribution in [0.3, 0.4) is 0 Å². The van der Waals surface area contributed by atoms with Crippen LogP contribution in [0.2, 0.25) is 0 Å². The summed E-state index contributed by atoms with van der Waals surface area (Å²) in [6, 6.07) is 8.37. The second kappa shape index (κ2) is 7.27. The Morgan fingerprint density at radius 1 is 1.15 bits per heavy atom. The Hall–Kier alpha value is -2.70. The average molecular weight is 355 g/mol. The number of carbonyl (C=O) groups is 1. The fourth-order valence-electron chi connectivity index (χ4n) is 3.56. The van der Waals surface area contributed by atoms with E-state index in [4.69, 9.17) is 0 Å². The lowest BCUT2D eigenvalue weighted by Gasteiger charge is -2.33. The van der Waals surface area contributed by atoms with Gasteiger partial charge >= 0.3 is 6.03 Å². The Bertz CT molecular complexity index is 754. The van der Waals surface area contributed by atoms with Gasteiger partial charge in [-0.15, -0.1) is 0 Å². The molecule has 2 amide bonds. The molecule has 3 atom stereocenters. The van der Waals surface area contributed by atoms with Crippen molar-refractivity contribution in [2.24, 2.45) is 0 Å². The quantitative estimate of drug-likeness (QED) is 0.884. The second-order valence-electron chi connectivity index (χ2n) is 6.95. The minimum Gasteiger partial charge on any atom is -0.339 e. The van der Waals surface area contributed by atoms with E-state index in [0.717, 1.165) is 31.4 Å². The molecule has 0 radical (unpaired) electrons. The van der Waals surface area contributed by atoms with Gasteiger partial charge < -0.3 is 15.5 Å². The molecule has 2 heterocycles. The SMILES string of the molecule is O=C(NC1CCCN(c2ncccn2)C1)NC1CC1c1ccc(F)cc1. The first kappa shape index (κ1) is 16.8. The van der Waals surface area contributed by atoms with Crippen molar-refractivity contribution >= 4 is 12.0 Å². The number of rotatable bonds is 4. The maximum atomic E-state index is 13.0. The van der Waals surface area contributed by atoms with Crippen molar-refractivity contribution in [3.05, 3.63) is 54.1 Å². The van der Waals surface area contributed by atoms with Gasteiger partial charge in [-0.1, -0.05) is 12.1 Å². The molecule has 0 bridgehead atoms. The van der Waals surface area contributed by atoms with Crippen molar-refractivity contribution in [3.8, 4) is 0 Å². The minimum atomic E-state index is -0.235. The van der Waals surface area contributed by atoms with Crippen LogP contribution in [0.15, 0.2) is 42.7 Å². The molecular formula is C19H22FN5O. The molecule has 2 aliphatic rings. The number of halogens is 1. The molecule has 1 saturated carbocycles. The van der Waals surface area contributed by atoms with Gasteiger partial charge in [0.2, 0.25) is 5.95 Å². The summed E-state index contributed by atoms with van der Waals surface area (Å²) in [6.07, 6.45) is 6.30. The molecule has 1 saturated heterocycles. The van der Waals surface area contributed by atoms with Gasteiger partial charge in [0.1, 0.15) is 5.82 Å². The summed E-state index contributed by atoms with van der Waals surface area (Å²) >= 11 is 0. The molecule has 1 aliphatic carbocycles. The van der Waals surface area contributed by atoms with Crippen LogP contribution in [0.4, 0.5) is 15.1 Å². The van der Waals surface area contributed by atoms with Crippen LogP contribution in [0.5, 0.6) is 0 Å². The monoisotopic (exact) mass is 355 g/mol. The van der Waals surface area contributed by atoms with E-state index >= 15 is 0 Å². The van der Waals surface area contributed by atoms with Crippen LogP contribution in [0.1, 0.15) is 30.7 Å². The molecule has 136 valence electrons. The highest BCUT2D eigenvalue weighted by Gasteiger charge is 2.39. The van der Waals surface area contributed by atoms with Gasteiger partial charge in [-0.3, -0.25) is 0 Å². The Kier molecular flexibility index (Phi) is 4.69. The topological polar surface area (TPSA) is 70.2 Å². The molecule has 1 aromatic heterocycles. The highest BCUT2D eigenvalue weighted by Crippen LogP contribution is 2.40. The highest BCUT2D eigenvalue weighted by atomic mass is 19.1. The van der Waals surface area contributed by atoms with Gasteiger partial charge in [-0.2, -0.15) is 0 Å². The number of carbonyl (C=O) groups excluding carboxylic acids is 1. The van der Waals surface area contributed by atoms with E-state index in [2.05, 4.69) is 25.5 Å². The Morgan fingerprint density at radius 3 is 2.69 bits per heavy atom. The van der Waals surface area contributed by atoms with Gasteiger partial charge in [0.05, 0.1) is 0 Å². The van der Waals surface area contributed by atoms with Crippen LogP contribution in [-0.4, -0.2) is 41.2 Å². The number of aromatic nitrogens is 2. The third-order valence-electron chi connectivity index (χ3n) is 5.00. The van der Waals surface area contributed by atoms with E-state index in [1.165, 1.54) is 12.1 Å². The summed E-state index contributed by atoms with van der Waals surface area (Å²) < 4.78 is 13.0. The fraction of sp³-hybridized carbons (Fsp3) is 0.421. The number of piperidine rings is 1. The first-order valence-corrected chi connectivity index (χ1v) is 9.03. The molecule has 2 aromatic rings. The molecule has 7 heteroatoms. The minimum absolute atomic E-state index is 0.0792. The summed E-state index contributed by atoms with van der Waals surface area (Å²) in [4.78, 5) is 23.0. The largest absolute Gasteiger partial charge is 0.339 e. The number of anilines is 1. The molecular weight excluding hydrogens is 333 g/mol. The number of benzene rings is 1. The number of nitrogens with zero attached hydrogens (tertiary/aromatic N) is 3. The number of urea groups is 1. The second-order valence-corrected chi connectivity index (χ2v) is 6.95. The Labute approximate surface area is 151 Å². The first-order chi connectivity index (χ1) is 12.7. The van der Waals surface area contributed by atoms with E-state index in [1.54, 1.807) is 30.6 Å². The van der Waals surface area contributed by atoms with Crippen molar-refractivity contribution in [2.75, 3.05) is 18.0 Å². The summed E-state index contributed by atoms with van der Waals surface area (Å²) in [7, 11) is 0. The molecule has 2 fully saturated rings. The highest BCUT2D eigenvalue weighted by molar-refractivity contribution is 5.75. The lowest BCUT2D eigenvalue weighted by atomic mass is 10.1. The average Bonchev–Trinajstić information content (AvgIpc) is 3.42. The van der Waals surface area contributed by atoms with E-state index in [-0.39, 0.29) is 29.8 Å². The van der Waals surface area contributed by atoms with Crippen LogP contribution < -0.4 is 15.5 Å². The lowest BCUT2D eigenvalue weighted by molar-refractivity contribution is 0.234.